The van der Waals surface area contributed by atoms with E-state index in [1.165, 1.54) is 16.3 Å². The highest BCUT2D eigenvalue weighted by atomic mass is 16.3. The summed E-state index contributed by atoms with van der Waals surface area (Å²) < 4.78 is 0. The van der Waals surface area contributed by atoms with Crippen molar-refractivity contribution in [2.75, 3.05) is 26.2 Å². The maximum absolute atomic E-state index is 9.52. The van der Waals surface area contributed by atoms with E-state index in [4.69, 9.17) is 0 Å². The maximum atomic E-state index is 9.52. The van der Waals surface area contributed by atoms with Gasteiger partial charge in [-0.1, -0.05) is 54.6 Å². The summed E-state index contributed by atoms with van der Waals surface area (Å²) in [4.78, 5) is 1.60. The Morgan fingerprint density at radius 1 is 0.962 bits per heavy atom. The minimum atomic E-state index is 0.276. The first kappa shape index (κ1) is 16.6. The number of piperazine rings is 1. The number of rotatable bonds is 4. The van der Waals surface area contributed by atoms with E-state index in [0.29, 0.717) is 0 Å². The van der Waals surface area contributed by atoms with Crippen LogP contribution in [0, 0.1) is 0 Å². The highest BCUT2D eigenvalue weighted by Crippen LogP contribution is 2.17. The van der Waals surface area contributed by atoms with Gasteiger partial charge in [0.1, 0.15) is 12.3 Å². The molecule has 0 aliphatic carbocycles. The fourth-order valence-electron chi connectivity index (χ4n) is 3.57. The summed E-state index contributed by atoms with van der Waals surface area (Å²) in [5.74, 6) is 0.276. The number of aromatic hydroxyl groups is 1. The van der Waals surface area contributed by atoms with E-state index in [2.05, 4.69) is 52.6 Å². The van der Waals surface area contributed by atoms with Crippen LogP contribution in [0.3, 0.4) is 0 Å². The molecular formula is C22H24N3O+. The predicted molar refractivity (Wildman–Crippen MR) is 106 cm³/mol. The van der Waals surface area contributed by atoms with Crippen molar-refractivity contribution in [2.45, 2.75) is 6.54 Å². The Bertz CT molecular complexity index is 909. The normalized spacial score (nSPS) is 15.8. The second-order valence-electron chi connectivity index (χ2n) is 6.86. The Balaban J connectivity index is 1.36. The van der Waals surface area contributed by atoms with Crippen LogP contribution in [0.15, 0.2) is 71.8 Å². The summed E-state index contributed by atoms with van der Waals surface area (Å²) in [7, 11) is 0. The van der Waals surface area contributed by atoms with E-state index in [0.717, 1.165) is 38.3 Å². The molecule has 4 heteroatoms. The van der Waals surface area contributed by atoms with Crippen LogP contribution in [0.5, 0.6) is 5.75 Å². The molecule has 26 heavy (non-hydrogen) atoms. The monoisotopic (exact) mass is 346 g/mol. The first-order valence-electron chi connectivity index (χ1n) is 9.16. The van der Waals surface area contributed by atoms with Crippen LogP contribution >= 0.6 is 0 Å². The summed E-state index contributed by atoms with van der Waals surface area (Å²) in [6.45, 7) is 5.14. The summed E-state index contributed by atoms with van der Waals surface area (Å²) in [5.41, 5.74) is 2.35. The lowest BCUT2D eigenvalue weighted by molar-refractivity contribution is -0.918. The van der Waals surface area contributed by atoms with Crippen LogP contribution in [-0.4, -0.2) is 42.5 Å². The smallest absolute Gasteiger partial charge is 0.116 e. The molecule has 2 N–H and O–H groups in total. The van der Waals surface area contributed by atoms with Crippen molar-refractivity contribution in [1.82, 2.24) is 5.01 Å². The molecule has 0 bridgehead atoms. The Morgan fingerprint density at radius 3 is 2.58 bits per heavy atom. The number of nitrogens with one attached hydrogen (secondary N) is 1. The number of quaternary nitrogens is 1. The predicted octanol–water partition coefficient (Wildman–Crippen LogP) is 2.28. The van der Waals surface area contributed by atoms with Crippen LogP contribution in [0.25, 0.3) is 10.8 Å². The van der Waals surface area contributed by atoms with Crippen LogP contribution in [-0.2, 0) is 6.54 Å². The minimum Gasteiger partial charge on any atom is -0.508 e. The van der Waals surface area contributed by atoms with Crippen molar-refractivity contribution in [3.05, 3.63) is 77.9 Å². The molecular weight excluding hydrogens is 322 g/mol. The molecule has 3 aromatic rings. The third-order valence-electron chi connectivity index (χ3n) is 5.01. The molecule has 1 aliphatic rings. The SMILES string of the molecule is Oc1cccc(/C=N\N2CC[NH+](Cc3cccc4ccccc34)CC2)c1. The van der Waals surface area contributed by atoms with E-state index in [1.54, 1.807) is 17.0 Å². The highest BCUT2D eigenvalue weighted by molar-refractivity contribution is 5.85. The van der Waals surface area contributed by atoms with Gasteiger partial charge in [0.2, 0.25) is 0 Å². The molecule has 1 aliphatic heterocycles. The summed E-state index contributed by atoms with van der Waals surface area (Å²) in [6.07, 6.45) is 1.83. The number of benzene rings is 3. The van der Waals surface area contributed by atoms with Crippen LogP contribution in [0.2, 0.25) is 0 Å². The lowest BCUT2D eigenvalue weighted by atomic mass is 10.0. The van der Waals surface area contributed by atoms with Crippen molar-refractivity contribution in [1.29, 1.82) is 0 Å². The van der Waals surface area contributed by atoms with Crippen molar-refractivity contribution in [2.24, 2.45) is 5.10 Å². The highest BCUT2D eigenvalue weighted by Gasteiger charge is 2.19. The van der Waals surface area contributed by atoms with Gasteiger partial charge in [0, 0.05) is 5.56 Å². The summed E-state index contributed by atoms with van der Waals surface area (Å²) in [6, 6.07) is 22.4. The van der Waals surface area contributed by atoms with Crippen molar-refractivity contribution >= 4 is 17.0 Å². The fourth-order valence-corrected chi connectivity index (χ4v) is 3.57. The van der Waals surface area contributed by atoms with Gasteiger partial charge in [0.15, 0.2) is 0 Å². The zero-order chi connectivity index (χ0) is 17.8. The van der Waals surface area contributed by atoms with Crippen molar-refractivity contribution < 1.29 is 10.0 Å². The van der Waals surface area contributed by atoms with E-state index in [1.807, 2.05) is 18.3 Å². The zero-order valence-electron chi connectivity index (χ0n) is 14.8. The van der Waals surface area contributed by atoms with Gasteiger partial charge >= 0.3 is 0 Å². The molecule has 0 atom stereocenters. The fraction of sp³-hybridized carbons (Fsp3) is 0.227. The van der Waals surface area contributed by atoms with Gasteiger partial charge in [0.25, 0.3) is 0 Å². The van der Waals surface area contributed by atoms with E-state index in [9.17, 15) is 5.11 Å². The minimum absolute atomic E-state index is 0.276. The Hall–Kier alpha value is -2.85. The molecule has 0 saturated carbocycles. The van der Waals surface area contributed by atoms with Gasteiger partial charge in [0.05, 0.1) is 32.4 Å². The van der Waals surface area contributed by atoms with Gasteiger partial charge in [-0.25, -0.2) is 0 Å². The molecule has 0 aromatic heterocycles. The average molecular weight is 346 g/mol. The largest absolute Gasteiger partial charge is 0.508 e. The average Bonchev–Trinajstić information content (AvgIpc) is 2.68. The van der Waals surface area contributed by atoms with E-state index >= 15 is 0 Å². The second kappa shape index (κ2) is 7.58. The van der Waals surface area contributed by atoms with Crippen molar-refractivity contribution in [3.8, 4) is 5.75 Å². The third kappa shape index (κ3) is 3.86. The summed E-state index contributed by atoms with van der Waals surface area (Å²) >= 11 is 0. The summed E-state index contributed by atoms with van der Waals surface area (Å²) in [5, 5.41) is 18.9. The number of nitrogens with zero attached hydrogens (tertiary/aromatic N) is 2. The van der Waals surface area contributed by atoms with Gasteiger partial charge in [-0.3, -0.25) is 5.01 Å². The van der Waals surface area contributed by atoms with Crippen LogP contribution in [0.1, 0.15) is 11.1 Å². The lowest BCUT2D eigenvalue weighted by Crippen LogP contribution is -3.13. The molecule has 1 saturated heterocycles. The molecule has 0 unspecified atom stereocenters. The molecule has 4 nitrogen and oxygen atoms in total. The second-order valence-corrected chi connectivity index (χ2v) is 6.86. The molecule has 4 rings (SSSR count). The zero-order valence-corrected chi connectivity index (χ0v) is 14.8. The molecule has 0 radical (unpaired) electrons. The van der Waals surface area contributed by atoms with Gasteiger partial charge in [-0.15, -0.1) is 0 Å². The van der Waals surface area contributed by atoms with Gasteiger partial charge in [-0.2, -0.15) is 5.10 Å². The molecule has 1 heterocycles. The van der Waals surface area contributed by atoms with Crippen molar-refractivity contribution in [3.63, 3.8) is 0 Å². The lowest BCUT2D eigenvalue weighted by Gasteiger charge is -2.30. The number of hydrogen-bond donors (Lipinski definition) is 2. The number of fused-ring (bicyclic) bond motifs is 1. The molecule has 0 spiro atoms. The quantitative estimate of drug-likeness (QED) is 0.712. The number of hydrazone groups is 1. The Labute approximate surface area is 154 Å². The van der Waals surface area contributed by atoms with Crippen LogP contribution < -0.4 is 4.90 Å². The number of hydrogen-bond acceptors (Lipinski definition) is 3. The topological polar surface area (TPSA) is 40.3 Å². The molecule has 3 aromatic carbocycles. The van der Waals surface area contributed by atoms with E-state index in [-0.39, 0.29) is 5.75 Å². The standard InChI is InChI=1S/C22H23N3O/c26-21-9-3-5-18(15-21)16-23-25-13-11-24(12-14-25)17-20-8-4-7-19-6-1-2-10-22(19)20/h1-10,15-16,26H,11-14,17H2/p+1/b23-16-. The molecule has 1 fully saturated rings. The third-order valence-corrected chi connectivity index (χ3v) is 5.01. The first-order valence-corrected chi connectivity index (χ1v) is 9.16. The van der Waals surface area contributed by atoms with E-state index < -0.39 is 0 Å². The Morgan fingerprint density at radius 2 is 1.73 bits per heavy atom. The van der Waals surface area contributed by atoms with Gasteiger partial charge in [-0.05, 0) is 28.5 Å². The first-order chi connectivity index (χ1) is 12.8. The molecule has 0 amide bonds. The van der Waals surface area contributed by atoms with Gasteiger partial charge < -0.3 is 10.0 Å². The maximum Gasteiger partial charge on any atom is 0.116 e. The molecule has 132 valence electrons. The number of phenols is 1. The van der Waals surface area contributed by atoms with Crippen LogP contribution in [0.4, 0.5) is 0 Å². The number of phenolic OH excluding ortho intramolecular Hbond substituents is 1. The Kier molecular flexibility index (Phi) is 4.84.